The predicted octanol–water partition coefficient (Wildman–Crippen LogP) is 14.6. The number of aliphatic imine (C=N–C) groups is 1. The van der Waals surface area contributed by atoms with Crippen LogP contribution >= 0.6 is 11.3 Å². The Morgan fingerprint density at radius 1 is 0.574 bits per heavy atom. The molecule has 0 spiro atoms. The number of para-hydroxylation sites is 1. The first-order valence-electron chi connectivity index (χ1n) is 18.7. The average Bonchev–Trinajstić information content (AvgIpc) is 3.75. The summed E-state index contributed by atoms with van der Waals surface area (Å²) in [5.74, 6) is 0. The second-order valence-corrected chi connectivity index (χ2v) is 15.5. The maximum Gasteiger partial charge on any atom is 0.0728 e. The highest BCUT2D eigenvalue weighted by molar-refractivity contribution is 7.26. The lowest BCUT2D eigenvalue weighted by Crippen LogP contribution is -2.08. The van der Waals surface area contributed by atoms with E-state index in [1.807, 2.05) is 11.3 Å². The molecule has 2 aromatic heterocycles. The van der Waals surface area contributed by atoms with Crippen LogP contribution in [-0.4, -0.2) is 10.3 Å². The number of hydrogen-bond acceptors (Lipinski definition) is 2. The molecule has 0 aliphatic heterocycles. The van der Waals surface area contributed by atoms with E-state index in [9.17, 15) is 0 Å². The summed E-state index contributed by atoms with van der Waals surface area (Å²) in [5.41, 5.74) is 10.6. The molecule has 3 heteroatoms. The van der Waals surface area contributed by atoms with Crippen molar-refractivity contribution in [3.63, 3.8) is 0 Å². The van der Waals surface area contributed by atoms with Gasteiger partial charge in [0.25, 0.3) is 0 Å². The molecule has 0 saturated carbocycles. The van der Waals surface area contributed by atoms with Crippen molar-refractivity contribution >= 4 is 86.8 Å². The Kier molecular flexibility index (Phi) is 7.78. The van der Waals surface area contributed by atoms with Crippen molar-refractivity contribution in [1.82, 2.24) is 4.57 Å². The van der Waals surface area contributed by atoms with E-state index in [1.165, 1.54) is 85.8 Å². The lowest BCUT2D eigenvalue weighted by atomic mass is 9.97. The summed E-state index contributed by atoms with van der Waals surface area (Å²) in [6.07, 6.45) is 2.31. The van der Waals surface area contributed by atoms with Crippen molar-refractivity contribution in [3.8, 4) is 11.1 Å². The average molecular weight is 711 g/mol. The van der Waals surface area contributed by atoms with Gasteiger partial charge in [-0.3, -0.25) is 4.99 Å². The van der Waals surface area contributed by atoms with Gasteiger partial charge in [0.05, 0.1) is 22.8 Å². The van der Waals surface area contributed by atoms with E-state index in [-0.39, 0.29) is 6.04 Å². The molecule has 0 fully saturated rings. The maximum absolute atomic E-state index is 5.54. The monoisotopic (exact) mass is 710 g/mol. The molecule has 54 heavy (non-hydrogen) atoms. The van der Waals surface area contributed by atoms with Crippen molar-refractivity contribution in [3.05, 3.63) is 186 Å². The Labute approximate surface area is 319 Å². The molecule has 0 saturated heterocycles. The second-order valence-electron chi connectivity index (χ2n) is 14.5. The normalized spacial score (nSPS) is 13.2. The molecule has 2 nitrogen and oxygen atoms in total. The molecule has 0 N–H and O–H groups in total. The van der Waals surface area contributed by atoms with Crippen LogP contribution in [0.3, 0.4) is 0 Å². The van der Waals surface area contributed by atoms with Crippen molar-refractivity contribution in [2.45, 2.75) is 26.8 Å². The van der Waals surface area contributed by atoms with Gasteiger partial charge >= 0.3 is 0 Å². The Balaban J connectivity index is 1.12. The predicted molar refractivity (Wildman–Crippen MR) is 235 cm³/mol. The fourth-order valence-corrected chi connectivity index (χ4v) is 9.45. The van der Waals surface area contributed by atoms with Crippen LogP contribution in [0.25, 0.3) is 80.8 Å². The first-order chi connectivity index (χ1) is 26.5. The van der Waals surface area contributed by atoms with Crippen LogP contribution in [0.2, 0.25) is 0 Å². The fourth-order valence-electron chi connectivity index (χ4n) is 8.22. The molecule has 0 aliphatic carbocycles. The summed E-state index contributed by atoms with van der Waals surface area (Å²) < 4.78 is 5.06. The number of nitrogens with zero attached hydrogens (tertiary/aromatic N) is 2. The van der Waals surface area contributed by atoms with E-state index in [1.54, 1.807) is 0 Å². The summed E-state index contributed by atoms with van der Waals surface area (Å²) in [7, 11) is 0. The number of hydrogen-bond donors (Lipinski definition) is 0. The maximum atomic E-state index is 5.54. The molecule has 258 valence electrons. The van der Waals surface area contributed by atoms with Crippen LogP contribution in [0, 0.1) is 6.92 Å². The van der Waals surface area contributed by atoms with Crippen LogP contribution in [0.5, 0.6) is 0 Å². The van der Waals surface area contributed by atoms with Gasteiger partial charge in [0.1, 0.15) is 0 Å². The molecule has 0 bridgehead atoms. The van der Waals surface area contributed by atoms with E-state index in [2.05, 4.69) is 195 Å². The van der Waals surface area contributed by atoms with Gasteiger partial charge in [-0.15, -0.1) is 11.3 Å². The van der Waals surface area contributed by atoms with Crippen molar-refractivity contribution in [1.29, 1.82) is 0 Å². The first kappa shape index (κ1) is 32.4. The zero-order chi connectivity index (χ0) is 36.3. The lowest BCUT2D eigenvalue weighted by Gasteiger charge is -2.16. The smallest absolute Gasteiger partial charge is 0.0728 e. The number of aryl methyl sites for hydroxylation is 1. The standard InChI is InChI=1S/C51H38N2S/c1-32-13-7-8-16-41(32)50(52-34(3)36-21-22-39-28-37(23-24-38(39)27-36)35-14-5-4-6-15-35)33(2)31-53-47-19-11-9-17-42(47)46-29-40-25-26-44-43-18-10-12-20-49(43)54-51(44)45(40)30-48(46)53/h4-31,34H,1-3H3/b33-31+,52-50?. The minimum absolute atomic E-state index is 0.0514. The summed E-state index contributed by atoms with van der Waals surface area (Å²) in [6, 6.07) is 59.7. The van der Waals surface area contributed by atoms with E-state index in [0.29, 0.717) is 0 Å². The summed E-state index contributed by atoms with van der Waals surface area (Å²) in [4.78, 5) is 5.54. The highest BCUT2D eigenvalue weighted by Crippen LogP contribution is 2.41. The topological polar surface area (TPSA) is 17.3 Å². The highest BCUT2D eigenvalue weighted by Gasteiger charge is 2.17. The molecule has 1 atom stereocenters. The molecule has 10 aromatic rings. The van der Waals surface area contributed by atoms with Crippen molar-refractivity contribution in [2.24, 2.45) is 4.99 Å². The molecule has 0 radical (unpaired) electrons. The van der Waals surface area contributed by atoms with Crippen LogP contribution < -0.4 is 0 Å². The SMILES string of the molecule is C/C(=C\n1c2ccccc2c2cc3ccc4c5ccccc5sc4c3cc21)C(=NC(C)c1ccc2cc(-c3ccccc3)ccc2c1)c1ccccc1C. The number of allylic oxidation sites excluding steroid dienone is 1. The summed E-state index contributed by atoms with van der Waals surface area (Å²) in [6.45, 7) is 6.62. The molecule has 2 heterocycles. The zero-order valence-electron chi connectivity index (χ0n) is 30.5. The largest absolute Gasteiger partial charge is 0.316 e. The van der Waals surface area contributed by atoms with Gasteiger partial charge in [-0.25, -0.2) is 0 Å². The van der Waals surface area contributed by atoms with Crippen LogP contribution in [0.4, 0.5) is 0 Å². The minimum atomic E-state index is -0.0514. The van der Waals surface area contributed by atoms with E-state index in [0.717, 1.165) is 16.8 Å². The quantitative estimate of drug-likeness (QED) is 0.153. The Bertz CT molecular complexity index is 3140. The van der Waals surface area contributed by atoms with E-state index >= 15 is 0 Å². The van der Waals surface area contributed by atoms with Gasteiger partial charge in [0.2, 0.25) is 0 Å². The van der Waals surface area contributed by atoms with E-state index < -0.39 is 0 Å². The van der Waals surface area contributed by atoms with Gasteiger partial charge in [-0.2, -0.15) is 0 Å². The van der Waals surface area contributed by atoms with Crippen LogP contribution in [0.1, 0.15) is 36.6 Å². The third-order valence-electron chi connectivity index (χ3n) is 11.1. The van der Waals surface area contributed by atoms with Crippen LogP contribution in [0.15, 0.2) is 174 Å². The van der Waals surface area contributed by atoms with Gasteiger partial charge in [-0.05, 0) is 101 Å². The first-order valence-corrected chi connectivity index (χ1v) is 19.5. The third-order valence-corrected chi connectivity index (χ3v) is 12.3. The van der Waals surface area contributed by atoms with Gasteiger partial charge in [0.15, 0.2) is 0 Å². The molecule has 0 amide bonds. The molecule has 8 aromatic carbocycles. The molecule has 0 aliphatic rings. The Morgan fingerprint density at radius 3 is 2.17 bits per heavy atom. The number of benzene rings is 8. The Morgan fingerprint density at radius 2 is 1.30 bits per heavy atom. The zero-order valence-corrected chi connectivity index (χ0v) is 31.4. The molecule has 10 rings (SSSR count). The van der Waals surface area contributed by atoms with Gasteiger partial charge in [-0.1, -0.05) is 127 Å². The Hall–Kier alpha value is -6.29. The van der Waals surface area contributed by atoms with Crippen molar-refractivity contribution in [2.75, 3.05) is 0 Å². The van der Waals surface area contributed by atoms with Gasteiger partial charge < -0.3 is 4.57 Å². The fraction of sp³-hybridized carbons (Fsp3) is 0.0784. The molecule has 1 unspecified atom stereocenters. The third kappa shape index (κ3) is 5.43. The summed E-state index contributed by atoms with van der Waals surface area (Å²) in [5, 5.41) is 10.2. The highest BCUT2D eigenvalue weighted by atomic mass is 32.1. The number of aromatic nitrogens is 1. The molecular weight excluding hydrogens is 673 g/mol. The second kappa shape index (κ2) is 13.0. The van der Waals surface area contributed by atoms with E-state index in [4.69, 9.17) is 4.99 Å². The van der Waals surface area contributed by atoms with Crippen LogP contribution in [-0.2, 0) is 0 Å². The number of thiophene rings is 1. The number of rotatable bonds is 6. The van der Waals surface area contributed by atoms with Gasteiger partial charge in [0, 0.05) is 48.1 Å². The summed E-state index contributed by atoms with van der Waals surface area (Å²) >= 11 is 1.89. The molecular formula is C51H38N2S. The van der Waals surface area contributed by atoms with Crippen molar-refractivity contribution < 1.29 is 0 Å². The number of fused-ring (bicyclic) bond motifs is 9. The lowest BCUT2D eigenvalue weighted by molar-refractivity contribution is 0.822. The minimum Gasteiger partial charge on any atom is -0.316 e.